The highest BCUT2D eigenvalue weighted by Gasteiger charge is 2.04. The minimum atomic E-state index is 0.560. The van der Waals surface area contributed by atoms with Crippen molar-refractivity contribution in [3.63, 3.8) is 0 Å². The molecule has 0 aliphatic carbocycles. The summed E-state index contributed by atoms with van der Waals surface area (Å²) in [5.41, 5.74) is 2.78. The fraction of sp³-hybridized carbons (Fsp3) is 0.0833. The maximum Gasteiger partial charge on any atom is 0.0564 e. The van der Waals surface area contributed by atoms with E-state index in [-0.39, 0.29) is 0 Å². The van der Waals surface area contributed by atoms with Crippen molar-refractivity contribution < 1.29 is 0 Å². The number of aryl methyl sites for hydroxylation is 1. The molecular formula is C12H8Cl2N. The molecule has 0 aliphatic heterocycles. The molecule has 1 heterocycles. The van der Waals surface area contributed by atoms with E-state index in [4.69, 9.17) is 23.2 Å². The highest BCUT2D eigenvalue weighted by atomic mass is 35.5. The van der Waals surface area contributed by atoms with Crippen LogP contribution in [0.3, 0.4) is 0 Å². The van der Waals surface area contributed by atoms with Crippen LogP contribution in [0.5, 0.6) is 0 Å². The van der Waals surface area contributed by atoms with Crippen molar-refractivity contribution >= 4 is 23.2 Å². The maximum atomic E-state index is 6.03. The predicted molar refractivity (Wildman–Crippen MR) is 63.3 cm³/mol. The first-order valence-electron chi connectivity index (χ1n) is 4.46. The van der Waals surface area contributed by atoms with Crippen molar-refractivity contribution in [2.75, 3.05) is 0 Å². The summed E-state index contributed by atoms with van der Waals surface area (Å²) < 4.78 is 0. The zero-order valence-corrected chi connectivity index (χ0v) is 9.60. The fourth-order valence-corrected chi connectivity index (χ4v) is 1.67. The molecule has 1 radical (unpaired) electrons. The summed E-state index contributed by atoms with van der Waals surface area (Å²) in [5, 5.41) is 1.18. The second kappa shape index (κ2) is 4.21. The Labute approximate surface area is 98.7 Å². The highest BCUT2D eigenvalue weighted by molar-refractivity contribution is 6.35. The first-order chi connectivity index (χ1) is 7.16. The molecule has 0 spiro atoms. The number of pyridine rings is 1. The molecule has 1 nitrogen and oxygen atoms in total. The van der Waals surface area contributed by atoms with Crippen LogP contribution in [0.25, 0.3) is 11.1 Å². The summed E-state index contributed by atoms with van der Waals surface area (Å²) in [7, 11) is 0. The number of halogens is 2. The smallest absolute Gasteiger partial charge is 0.0564 e. The van der Waals surface area contributed by atoms with Gasteiger partial charge in [-0.3, -0.25) is 4.98 Å². The van der Waals surface area contributed by atoms with Crippen molar-refractivity contribution in [2.24, 2.45) is 0 Å². The molecule has 0 aliphatic rings. The molecule has 2 aromatic rings. The molecule has 0 unspecified atom stereocenters. The van der Waals surface area contributed by atoms with Crippen LogP contribution in [0.2, 0.25) is 10.0 Å². The van der Waals surface area contributed by atoms with E-state index in [0.29, 0.717) is 10.0 Å². The standard InChI is InChI=1S/C12H8Cl2N/c1-8-2-3-9(7-15-8)11-6-10(13)4-5-12(11)14/h2-4,6-7H,1H3. The lowest BCUT2D eigenvalue weighted by Gasteiger charge is -2.04. The van der Waals surface area contributed by atoms with Crippen LogP contribution in [-0.4, -0.2) is 4.98 Å². The molecular weight excluding hydrogens is 229 g/mol. The van der Waals surface area contributed by atoms with Crippen molar-refractivity contribution in [2.45, 2.75) is 6.92 Å². The minimum absolute atomic E-state index is 0.560. The van der Waals surface area contributed by atoms with E-state index in [9.17, 15) is 0 Å². The summed E-state index contributed by atoms with van der Waals surface area (Å²) in [6.07, 6.45) is 1.78. The Morgan fingerprint density at radius 3 is 2.73 bits per heavy atom. The zero-order chi connectivity index (χ0) is 10.8. The Morgan fingerprint density at radius 2 is 2.07 bits per heavy atom. The molecule has 0 atom stereocenters. The summed E-state index contributed by atoms with van der Waals surface area (Å²) in [6, 6.07) is 10.3. The molecule has 1 aromatic heterocycles. The summed E-state index contributed by atoms with van der Waals surface area (Å²) in [6.45, 7) is 1.94. The summed E-state index contributed by atoms with van der Waals surface area (Å²) >= 11 is 11.9. The van der Waals surface area contributed by atoms with Crippen LogP contribution >= 0.6 is 23.2 Å². The van der Waals surface area contributed by atoms with Gasteiger partial charge in [-0.15, -0.1) is 0 Å². The normalized spacial score (nSPS) is 10.3. The molecule has 1 aromatic carbocycles. The van der Waals surface area contributed by atoms with Crippen LogP contribution in [0.1, 0.15) is 5.69 Å². The first kappa shape index (κ1) is 10.5. The lowest BCUT2D eigenvalue weighted by molar-refractivity contribution is 1.20. The number of rotatable bonds is 1. The second-order valence-corrected chi connectivity index (χ2v) is 4.05. The van der Waals surface area contributed by atoms with Gasteiger partial charge >= 0.3 is 0 Å². The van der Waals surface area contributed by atoms with Gasteiger partial charge in [-0.25, -0.2) is 0 Å². The Kier molecular flexibility index (Phi) is 2.94. The SMILES string of the molecule is Cc1ccc(-c2cc(Cl)c[c]c2Cl)cn1. The van der Waals surface area contributed by atoms with E-state index in [0.717, 1.165) is 16.8 Å². The van der Waals surface area contributed by atoms with E-state index in [1.807, 2.05) is 25.1 Å². The van der Waals surface area contributed by atoms with E-state index >= 15 is 0 Å². The number of benzene rings is 1. The Morgan fingerprint density at radius 1 is 1.27 bits per heavy atom. The van der Waals surface area contributed by atoms with Gasteiger partial charge in [0.1, 0.15) is 0 Å². The van der Waals surface area contributed by atoms with Crippen LogP contribution in [-0.2, 0) is 0 Å². The lowest BCUT2D eigenvalue weighted by atomic mass is 10.1. The quantitative estimate of drug-likeness (QED) is 0.725. The Bertz CT molecular complexity index is 477. The molecule has 0 bridgehead atoms. The van der Waals surface area contributed by atoms with Crippen LogP contribution in [0.4, 0.5) is 0 Å². The number of nitrogens with zero attached hydrogens (tertiary/aromatic N) is 1. The van der Waals surface area contributed by atoms with Gasteiger partial charge in [-0.2, -0.15) is 0 Å². The third-order valence-corrected chi connectivity index (χ3v) is 2.61. The molecule has 2 rings (SSSR count). The molecule has 0 saturated carbocycles. The van der Waals surface area contributed by atoms with Crippen LogP contribution in [0.15, 0.2) is 30.5 Å². The molecule has 0 fully saturated rings. The molecule has 0 amide bonds. The largest absolute Gasteiger partial charge is 0.261 e. The van der Waals surface area contributed by atoms with Crippen molar-refractivity contribution in [3.8, 4) is 11.1 Å². The van der Waals surface area contributed by atoms with Gasteiger partial charge in [0.25, 0.3) is 0 Å². The van der Waals surface area contributed by atoms with Crippen molar-refractivity contribution in [3.05, 3.63) is 52.3 Å². The van der Waals surface area contributed by atoms with E-state index < -0.39 is 0 Å². The average molecular weight is 237 g/mol. The maximum absolute atomic E-state index is 6.03. The highest BCUT2D eigenvalue weighted by Crippen LogP contribution is 2.29. The van der Waals surface area contributed by atoms with Gasteiger partial charge in [0, 0.05) is 34.1 Å². The molecule has 15 heavy (non-hydrogen) atoms. The molecule has 0 saturated heterocycles. The molecule has 75 valence electrons. The first-order valence-corrected chi connectivity index (χ1v) is 5.22. The Balaban J connectivity index is 2.53. The molecule has 3 heteroatoms. The van der Waals surface area contributed by atoms with Gasteiger partial charge in [-0.1, -0.05) is 29.3 Å². The van der Waals surface area contributed by atoms with Gasteiger partial charge in [0.15, 0.2) is 0 Å². The van der Waals surface area contributed by atoms with Crippen LogP contribution in [0, 0.1) is 13.0 Å². The van der Waals surface area contributed by atoms with Gasteiger partial charge < -0.3 is 0 Å². The summed E-state index contributed by atoms with van der Waals surface area (Å²) in [5.74, 6) is 0. The number of hydrogen-bond acceptors (Lipinski definition) is 1. The molecule has 0 N–H and O–H groups in total. The number of aromatic nitrogens is 1. The van der Waals surface area contributed by atoms with Crippen molar-refractivity contribution in [1.82, 2.24) is 4.98 Å². The topological polar surface area (TPSA) is 12.9 Å². The minimum Gasteiger partial charge on any atom is -0.261 e. The van der Waals surface area contributed by atoms with E-state index in [1.165, 1.54) is 0 Å². The average Bonchev–Trinajstić information content (AvgIpc) is 2.23. The lowest BCUT2D eigenvalue weighted by Crippen LogP contribution is -1.84. The second-order valence-electron chi connectivity index (χ2n) is 3.23. The van der Waals surface area contributed by atoms with Crippen molar-refractivity contribution in [1.29, 1.82) is 0 Å². The van der Waals surface area contributed by atoms with E-state index in [2.05, 4.69) is 11.1 Å². The third-order valence-electron chi connectivity index (χ3n) is 2.08. The van der Waals surface area contributed by atoms with Gasteiger partial charge in [-0.05, 0) is 25.1 Å². The Hall–Kier alpha value is -1.05. The monoisotopic (exact) mass is 236 g/mol. The van der Waals surface area contributed by atoms with Crippen LogP contribution < -0.4 is 0 Å². The van der Waals surface area contributed by atoms with Gasteiger partial charge in [0.05, 0.1) is 5.02 Å². The summed E-state index contributed by atoms with van der Waals surface area (Å²) in [4.78, 5) is 4.21. The third kappa shape index (κ3) is 2.31. The van der Waals surface area contributed by atoms with E-state index in [1.54, 1.807) is 12.3 Å². The van der Waals surface area contributed by atoms with Gasteiger partial charge in [0.2, 0.25) is 0 Å². The zero-order valence-electron chi connectivity index (χ0n) is 8.09. The fourth-order valence-electron chi connectivity index (χ4n) is 1.29. The number of hydrogen-bond donors (Lipinski definition) is 0. The predicted octanol–water partition coefficient (Wildman–Crippen LogP) is 4.16.